The van der Waals surface area contributed by atoms with E-state index in [9.17, 15) is 26.3 Å². The molecule has 2 aromatic carbocycles. The summed E-state index contributed by atoms with van der Waals surface area (Å²) < 4.78 is 89.8. The molecule has 3 rings (SSSR count). The molecule has 1 aliphatic rings. The Labute approximate surface area is 182 Å². The topological polar surface area (TPSA) is 33.0 Å². The summed E-state index contributed by atoms with van der Waals surface area (Å²) in [6.07, 6.45) is 3.57. The standard InChI is InChI=1S/C24H21F6NO/c1-2-3-4-14-5-7-15(8-6-14)16-9-21(27)23(22(28)10-16)24(29,30)32-17-11-19(25)18(13-31)20(26)12-17/h2-3,9-12,14-15H,4-8H2,1H3/b3-2+. The monoisotopic (exact) mass is 453 g/mol. The van der Waals surface area contributed by atoms with Gasteiger partial charge in [-0.1, -0.05) is 12.2 Å². The molecule has 0 bridgehead atoms. The Morgan fingerprint density at radius 2 is 1.53 bits per heavy atom. The second-order valence-corrected chi connectivity index (χ2v) is 7.87. The fourth-order valence-electron chi connectivity index (χ4n) is 4.08. The first-order valence-corrected chi connectivity index (χ1v) is 10.2. The molecule has 2 nitrogen and oxygen atoms in total. The third kappa shape index (κ3) is 5.09. The molecule has 170 valence electrons. The van der Waals surface area contributed by atoms with Crippen molar-refractivity contribution in [1.82, 2.24) is 0 Å². The molecule has 0 aliphatic heterocycles. The zero-order valence-corrected chi connectivity index (χ0v) is 17.3. The highest BCUT2D eigenvalue weighted by Crippen LogP contribution is 2.41. The number of hydrogen-bond acceptors (Lipinski definition) is 2. The zero-order valence-electron chi connectivity index (χ0n) is 17.3. The first-order valence-electron chi connectivity index (χ1n) is 10.2. The molecule has 1 fully saturated rings. The minimum Gasteiger partial charge on any atom is -0.429 e. The highest BCUT2D eigenvalue weighted by atomic mass is 19.3. The third-order valence-corrected chi connectivity index (χ3v) is 5.75. The maximum absolute atomic E-state index is 14.6. The summed E-state index contributed by atoms with van der Waals surface area (Å²) in [6.45, 7) is 1.94. The van der Waals surface area contributed by atoms with Crippen LogP contribution in [0.1, 0.15) is 61.6 Å². The van der Waals surface area contributed by atoms with E-state index in [-0.39, 0.29) is 5.92 Å². The lowest BCUT2D eigenvalue weighted by Gasteiger charge is -2.29. The van der Waals surface area contributed by atoms with Gasteiger partial charge in [-0.15, -0.1) is 0 Å². The number of allylic oxidation sites excluding steroid dienone is 2. The zero-order chi connectivity index (χ0) is 23.5. The largest absolute Gasteiger partial charge is 0.432 e. The van der Waals surface area contributed by atoms with Gasteiger partial charge in [0.15, 0.2) is 0 Å². The van der Waals surface area contributed by atoms with E-state index in [4.69, 9.17) is 5.26 Å². The summed E-state index contributed by atoms with van der Waals surface area (Å²) in [7, 11) is 0. The number of hydrogen-bond donors (Lipinski definition) is 0. The molecule has 0 unspecified atom stereocenters. The normalized spacial score (nSPS) is 19.2. The maximum atomic E-state index is 14.6. The van der Waals surface area contributed by atoms with Crippen molar-refractivity contribution in [1.29, 1.82) is 5.26 Å². The lowest BCUT2D eigenvalue weighted by molar-refractivity contribution is -0.189. The number of nitriles is 1. The molecule has 0 saturated heterocycles. The second-order valence-electron chi connectivity index (χ2n) is 7.87. The van der Waals surface area contributed by atoms with Gasteiger partial charge in [-0.2, -0.15) is 14.0 Å². The van der Waals surface area contributed by atoms with E-state index >= 15 is 0 Å². The fraction of sp³-hybridized carbons (Fsp3) is 0.375. The summed E-state index contributed by atoms with van der Waals surface area (Å²) in [5.74, 6) is -6.54. The van der Waals surface area contributed by atoms with Gasteiger partial charge in [0.1, 0.15) is 46.2 Å². The van der Waals surface area contributed by atoms with Crippen LogP contribution >= 0.6 is 0 Å². The predicted octanol–water partition coefficient (Wildman–Crippen LogP) is 7.48. The quantitative estimate of drug-likeness (QED) is 0.336. The first kappa shape index (κ1) is 23.7. The van der Waals surface area contributed by atoms with E-state index in [1.807, 2.05) is 13.0 Å². The predicted molar refractivity (Wildman–Crippen MR) is 106 cm³/mol. The Hall–Kier alpha value is -2.95. The van der Waals surface area contributed by atoms with Crippen molar-refractivity contribution in [2.24, 2.45) is 5.92 Å². The summed E-state index contributed by atoms with van der Waals surface area (Å²) in [5.41, 5.74) is -2.34. The Balaban J connectivity index is 1.81. The van der Waals surface area contributed by atoms with E-state index < -0.39 is 46.3 Å². The van der Waals surface area contributed by atoms with E-state index in [2.05, 4.69) is 10.8 Å². The Morgan fingerprint density at radius 1 is 0.969 bits per heavy atom. The van der Waals surface area contributed by atoms with Gasteiger partial charge >= 0.3 is 6.11 Å². The van der Waals surface area contributed by atoms with Crippen LogP contribution in [-0.2, 0) is 6.11 Å². The van der Waals surface area contributed by atoms with Gasteiger partial charge in [-0.25, -0.2) is 17.6 Å². The van der Waals surface area contributed by atoms with E-state index in [1.165, 1.54) is 6.07 Å². The van der Waals surface area contributed by atoms with Crippen molar-refractivity contribution in [3.63, 3.8) is 0 Å². The molecule has 0 atom stereocenters. The van der Waals surface area contributed by atoms with Gasteiger partial charge in [0.25, 0.3) is 0 Å². The van der Waals surface area contributed by atoms with Gasteiger partial charge in [0.2, 0.25) is 0 Å². The number of nitrogens with zero attached hydrogens (tertiary/aromatic N) is 1. The van der Waals surface area contributed by atoms with Gasteiger partial charge < -0.3 is 4.74 Å². The van der Waals surface area contributed by atoms with Gasteiger partial charge in [0, 0.05) is 12.1 Å². The fourth-order valence-corrected chi connectivity index (χ4v) is 4.08. The van der Waals surface area contributed by atoms with Crippen LogP contribution in [0.3, 0.4) is 0 Å². The lowest BCUT2D eigenvalue weighted by atomic mass is 9.77. The van der Waals surface area contributed by atoms with Gasteiger partial charge in [-0.3, -0.25) is 0 Å². The molecular weight excluding hydrogens is 432 g/mol. The Kier molecular flexibility index (Phi) is 7.17. The van der Waals surface area contributed by atoms with Gasteiger partial charge in [-0.05, 0) is 68.6 Å². The average Bonchev–Trinajstić information content (AvgIpc) is 2.71. The molecule has 0 N–H and O–H groups in total. The Bertz CT molecular complexity index is 1000. The minimum absolute atomic E-state index is 0.147. The second kappa shape index (κ2) is 9.68. The van der Waals surface area contributed by atoms with Crippen LogP contribution in [0.5, 0.6) is 5.75 Å². The van der Waals surface area contributed by atoms with Crippen LogP contribution in [0.2, 0.25) is 0 Å². The molecule has 0 amide bonds. The highest BCUT2D eigenvalue weighted by Gasteiger charge is 2.42. The van der Waals surface area contributed by atoms with Gasteiger partial charge in [0.05, 0.1) is 0 Å². The summed E-state index contributed by atoms with van der Waals surface area (Å²) in [6, 6.07) is 3.68. The molecule has 0 aromatic heterocycles. The van der Waals surface area contributed by atoms with Crippen LogP contribution < -0.4 is 4.74 Å². The maximum Gasteiger partial charge on any atom is 0.432 e. The number of benzene rings is 2. The molecule has 0 spiro atoms. The minimum atomic E-state index is -4.54. The summed E-state index contributed by atoms with van der Waals surface area (Å²) >= 11 is 0. The molecule has 1 aliphatic carbocycles. The molecule has 0 radical (unpaired) electrons. The van der Waals surface area contributed by atoms with Crippen molar-refractivity contribution in [3.8, 4) is 11.8 Å². The Morgan fingerprint density at radius 3 is 2.03 bits per heavy atom. The van der Waals surface area contributed by atoms with E-state index in [1.54, 1.807) is 0 Å². The van der Waals surface area contributed by atoms with Crippen LogP contribution in [0.25, 0.3) is 0 Å². The molecule has 2 aromatic rings. The number of halogens is 6. The van der Waals surface area contributed by atoms with Crippen molar-refractivity contribution in [2.75, 3.05) is 0 Å². The SMILES string of the molecule is C/C=C/CC1CCC(c2cc(F)c(C(F)(F)Oc3cc(F)c(C#N)c(F)c3)c(F)c2)CC1. The smallest absolute Gasteiger partial charge is 0.429 e. The molecule has 1 saturated carbocycles. The summed E-state index contributed by atoms with van der Waals surface area (Å²) in [4.78, 5) is 0. The first-order chi connectivity index (χ1) is 15.2. The van der Waals surface area contributed by atoms with Crippen LogP contribution in [0.15, 0.2) is 36.4 Å². The third-order valence-electron chi connectivity index (χ3n) is 5.75. The van der Waals surface area contributed by atoms with Crippen molar-refractivity contribution in [3.05, 3.63) is 76.4 Å². The number of ether oxygens (including phenoxy) is 1. The average molecular weight is 453 g/mol. The van der Waals surface area contributed by atoms with Crippen LogP contribution in [0, 0.1) is 40.5 Å². The summed E-state index contributed by atoms with van der Waals surface area (Å²) in [5, 5.41) is 8.64. The lowest BCUT2D eigenvalue weighted by Crippen LogP contribution is -2.26. The number of alkyl halides is 2. The van der Waals surface area contributed by atoms with Crippen LogP contribution in [0.4, 0.5) is 26.3 Å². The molecular formula is C24H21F6NO. The molecule has 8 heteroatoms. The van der Waals surface area contributed by atoms with E-state index in [0.29, 0.717) is 36.5 Å². The van der Waals surface area contributed by atoms with Crippen molar-refractivity contribution < 1.29 is 31.1 Å². The van der Waals surface area contributed by atoms with Crippen LogP contribution in [-0.4, -0.2) is 0 Å². The number of rotatable bonds is 6. The molecule has 0 heterocycles. The highest BCUT2D eigenvalue weighted by molar-refractivity contribution is 5.39. The van der Waals surface area contributed by atoms with Crippen molar-refractivity contribution in [2.45, 2.75) is 51.1 Å². The van der Waals surface area contributed by atoms with Crippen molar-refractivity contribution >= 4 is 0 Å². The molecule has 32 heavy (non-hydrogen) atoms. The van der Waals surface area contributed by atoms with E-state index in [0.717, 1.165) is 31.4 Å².